The van der Waals surface area contributed by atoms with Gasteiger partial charge in [0, 0.05) is 12.0 Å². The maximum Gasteiger partial charge on any atom is 0.340 e. The van der Waals surface area contributed by atoms with Crippen LogP contribution in [0, 0.1) is 5.92 Å². The molecule has 0 spiro atoms. The maximum atomic E-state index is 12.0. The highest BCUT2D eigenvalue weighted by molar-refractivity contribution is 6.08. The van der Waals surface area contributed by atoms with Gasteiger partial charge in [0.2, 0.25) is 5.90 Å². The highest BCUT2D eigenvalue weighted by atomic mass is 16.6. The van der Waals surface area contributed by atoms with Crippen LogP contribution in [0.25, 0.3) is 0 Å². The Balaban J connectivity index is 2.29. The van der Waals surface area contributed by atoms with Crippen molar-refractivity contribution in [1.29, 1.82) is 0 Å². The summed E-state index contributed by atoms with van der Waals surface area (Å²) in [5, 5.41) is 0. The van der Waals surface area contributed by atoms with Gasteiger partial charge in [0.1, 0.15) is 12.0 Å². The highest BCUT2D eigenvalue weighted by Gasteiger charge is 2.46. The molecule has 1 heterocycles. The Morgan fingerprint density at radius 2 is 2.05 bits per heavy atom. The molecule has 1 aromatic rings. The van der Waals surface area contributed by atoms with Gasteiger partial charge in [0.25, 0.3) is 0 Å². The Kier molecular flexibility index (Phi) is 3.88. The van der Waals surface area contributed by atoms with E-state index in [1.54, 1.807) is 38.3 Å². The average molecular weight is 275 g/mol. The fourth-order valence-corrected chi connectivity index (χ4v) is 2.01. The van der Waals surface area contributed by atoms with Gasteiger partial charge in [-0.1, -0.05) is 6.92 Å². The topological polar surface area (TPSA) is 65.0 Å². The predicted molar refractivity (Wildman–Crippen MR) is 73.9 cm³/mol. The van der Waals surface area contributed by atoms with Crippen molar-refractivity contribution >= 4 is 18.2 Å². The van der Waals surface area contributed by atoms with E-state index >= 15 is 0 Å². The smallest absolute Gasteiger partial charge is 0.340 e. The summed E-state index contributed by atoms with van der Waals surface area (Å²) in [6.45, 7) is 3.51. The van der Waals surface area contributed by atoms with Crippen LogP contribution in [0.1, 0.15) is 25.8 Å². The van der Waals surface area contributed by atoms with Gasteiger partial charge in [-0.15, -0.1) is 0 Å². The van der Waals surface area contributed by atoms with Crippen LogP contribution >= 0.6 is 0 Å². The zero-order valence-corrected chi connectivity index (χ0v) is 11.8. The Bertz CT molecular complexity index is 549. The minimum Gasteiger partial charge on any atom is -0.497 e. The fraction of sp³-hybridized carbons (Fsp3) is 0.400. The third-order valence-corrected chi connectivity index (χ3v) is 3.68. The SMILES string of the molecule is COc1ccc(C2=N[C@@](C)([C@H](C)CC=O)C(=O)O2)cc1. The molecule has 20 heavy (non-hydrogen) atoms. The summed E-state index contributed by atoms with van der Waals surface area (Å²) in [7, 11) is 1.58. The maximum absolute atomic E-state index is 12.0. The monoisotopic (exact) mass is 275 g/mol. The summed E-state index contributed by atoms with van der Waals surface area (Å²) in [6.07, 6.45) is 1.06. The fourth-order valence-electron chi connectivity index (χ4n) is 2.01. The van der Waals surface area contributed by atoms with E-state index in [0.29, 0.717) is 5.56 Å². The largest absolute Gasteiger partial charge is 0.497 e. The number of rotatable bonds is 5. The van der Waals surface area contributed by atoms with Crippen LogP contribution in [-0.4, -0.2) is 30.8 Å². The normalized spacial score (nSPS) is 22.9. The van der Waals surface area contributed by atoms with Crippen LogP contribution in [0.3, 0.4) is 0 Å². The van der Waals surface area contributed by atoms with E-state index in [-0.39, 0.29) is 18.2 Å². The van der Waals surface area contributed by atoms with Gasteiger partial charge < -0.3 is 14.3 Å². The standard InChI is InChI=1S/C15H17NO4/c1-10(8-9-17)15(2)14(18)20-13(16-15)11-4-6-12(19-3)7-5-11/h4-7,9-10H,8H2,1-3H3/t10-,15+/m1/s1. The number of carbonyl (C=O) groups excluding carboxylic acids is 2. The molecule has 106 valence electrons. The third-order valence-electron chi connectivity index (χ3n) is 3.68. The van der Waals surface area contributed by atoms with E-state index in [2.05, 4.69) is 4.99 Å². The van der Waals surface area contributed by atoms with Crippen molar-refractivity contribution in [1.82, 2.24) is 0 Å². The Morgan fingerprint density at radius 1 is 1.40 bits per heavy atom. The average Bonchev–Trinajstić information content (AvgIpc) is 2.76. The van der Waals surface area contributed by atoms with Crippen LogP contribution in [0.2, 0.25) is 0 Å². The number of esters is 1. The second kappa shape index (κ2) is 5.45. The second-order valence-corrected chi connectivity index (χ2v) is 4.99. The van der Waals surface area contributed by atoms with Crippen molar-refractivity contribution in [2.45, 2.75) is 25.8 Å². The number of aliphatic imine (C=N–C) groups is 1. The van der Waals surface area contributed by atoms with E-state index in [0.717, 1.165) is 12.0 Å². The number of cyclic esters (lactones) is 1. The van der Waals surface area contributed by atoms with Crippen LogP contribution in [0.4, 0.5) is 0 Å². The number of methoxy groups -OCH3 is 1. The predicted octanol–water partition coefficient (Wildman–Crippen LogP) is 1.98. The Hall–Kier alpha value is -2.17. The number of carbonyl (C=O) groups is 2. The van der Waals surface area contributed by atoms with E-state index in [1.165, 1.54) is 0 Å². The molecule has 5 nitrogen and oxygen atoms in total. The molecular weight excluding hydrogens is 258 g/mol. The van der Waals surface area contributed by atoms with Crippen LogP contribution in [-0.2, 0) is 14.3 Å². The van der Waals surface area contributed by atoms with Gasteiger partial charge in [-0.25, -0.2) is 9.79 Å². The number of ether oxygens (including phenoxy) is 2. The summed E-state index contributed by atoms with van der Waals surface area (Å²) in [4.78, 5) is 27.1. The third kappa shape index (κ3) is 2.43. The minimum atomic E-state index is -1.00. The molecule has 0 fully saturated rings. The molecule has 0 unspecified atom stereocenters. The van der Waals surface area contributed by atoms with Gasteiger partial charge in [-0.3, -0.25) is 0 Å². The zero-order chi connectivity index (χ0) is 14.8. The molecule has 1 aliphatic rings. The molecule has 1 aromatic carbocycles. The first-order valence-electron chi connectivity index (χ1n) is 6.41. The summed E-state index contributed by atoms with van der Waals surface area (Å²) >= 11 is 0. The Morgan fingerprint density at radius 3 is 2.60 bits per heavy atom. The van der Waals surface area contributed by atoms with Gasteiger partial charge >= 0.3 is 5.97 Å². The molecule has 2 atom stereocenters. The lowest BCUT2D eigenvalue weighted by molar-refractivity contribution is -0.140. The van der Waals surface area contributed by atoms with E-state index in [9.17, 15) is 9.59 Å². The summed E-state index contributed by atoms with van der Waals surface area (Å²) in [6, 6.07) is 7.11. The van der Waals surface area contributed by atoms with Crippen molar-refractivity contribution in [3.05, 3.63) is 29.8 Å². The molecule has 0 bridgehead atoms. The molecule has 0 N–H and O–H groups in total. The molecule has 1 aliphatic heterocycles. The highest BCUT2D eigenvalue weighted by Crippen LogP contribution is 2.32. The lowest BCUT2D eigenvalue weighted by Crippen LogP contribution is -2.37. The van der Waals surface area contributed by atoms with Crippen molar-refractivity contribution < 1.29 is 19.1 Å². The van der Waals surface area contributed by atoms with Crippen molar-refractivity contribution in [3.8, 4) is 5.75 Å². The summed E-state index contributed by atoms with van der Waals surface area (Å²) in [5.41, 5.74) is -0.294. The van der Waals surface area contributed by atoms with E-state index in [1.807, 2.05) is 6.92 Å². The van der Waals surface area contributed by atoms with Gasteiger partial charge in [0.15, 0.2) is 5.54 Å². The molecular formula is C15H17NO4. The summed E-state index contributed by atoms with van der Waals surface area (Å²) in [5.74, 6) is 0.384. The number of hydrogen-bond donors (Lipinski definition) is 0. The van der Waals surface area contributed by atoms with Crippen molar-refractivity contribution in [2.75, 3.05) is 7.11 Å². The minimum absolute atomic E-state index is 0.205. The number of nitrogens with zero attached hydrogens (tertiary/aromatic N) is 1. The first-order valence-corrected chi connectivity index (χ1v) is 6.41. The number of benzene rings is 1. The number of hydrogen-bond acceptors (Lipinski definition) is 5. The molecule has 0 aliphatic carbocycles. The van der Waals surface area contributed by atoms with Crippen molar-refractivity contribution in [2.24, 2.45) is 10.9 Å². The second-order valence-electron chi connectivity index (χ2n) is 4.99. The number of aldehydes is 1. The van der Waals surface area contributed by atoms with Crippen molar-refractivity contribution in [3.63, 3.8) is 0 Å². The zero-order valence-electron chi connectivity index (χ0n) is 11.8. The quantitative estimate of drug-likeness (QED) is 0.609. The van der Waals surface area contributed by atoms with E-state index < -0.39 is 11.5 Å². The van der Waals surface area contributed by atoms with Crippen LogP contribution in [0.5, 0.6) is 5.75 Å². The lowest BCUT2D eigenvalue weighted by atomic mass is 9.86. The molecule has 0 saturated heterocycles. The van der Waals surface area contributed by atoms with Crippen LogP contribution < -0.4 is 4.74 Å². The molecule has 5 heteroatoms. The van der Waals surface area contributed by atoms with Crippen LogP contribution in [0.15, 0.2) is 29.3 Å². The van der Waals surface area contributed by atoms with E-state index in [4.69, 9.17) is 9.47 Å². The summed E-state index contributed by atoms with van der Waals surface area (Å²) < 4.78 is 10.3. The molecule has 0 aromatic heterocycles. The lowest BCUT2D eigenvalue weighted by Gasteiger charge is -2.22. The first-order chi connectivity index (χ1) is 9.51. The molecule has 0 radical (unpaired) electrons. The molecule has 0 saturated carbocycles. The van der Waals surface area contributed by atoms with Gasteiger partial charge in [-0.05, 0) is 37.1 Å². The first kappa shape index (κ1) is 14.2. The van der Waals surface area contributed by atoms with Gasteiger partial charge in [-0.2, -0.15) is 0 Å². The Labute approximate surface area is 117 Å². The van der Waals surface area contributed by atoms with Gasteiger partial charge in [0.05, 0.1) is 7.11 Å². The molecule has 2 rings (SSSR count). The molecule has 0 amide bonds.